The maximum Gasteiger partial charge on any atom is 0.236 e. The van der Waals surface area contributed by atoms with E-state index in [-0.39, 0.29) is 5.91 Å². The molecule has 5 heteroatoms. The van der Waals surface area contributed by atoms with Crippen LogP contribution in [0.5, 0.6) is 0 Å². The summed E-state index contributed by atoms with van der Waals surface area (Å²) in [6.07, 6.45) is 3.72. The van der Waals surface area contributed by atoms with Gasteiger partial charge in [-0.05, 0) is 37.0 Å². The third-order valence-corrected chi connectivity index (χ3v) is 4.23. The number of rotatable bonds is 5. The minimum absolute atomic E-state index is 0.0133. The number of H-pyrrole nitrogens is 1. The first kappa shape index (κ1) is 14.1. The van der Waals surface area contributed by atoms with Crippen LogP contribution < -0.4 is 5.32 Å². The molecular weight excluding hydrogens is 286 g/mol. The Balaban J connectivity index is 1.73. The van der Waals surface area contributed by atoms with Crippen LogP contribution in [0.4, 0.5) is 5.82 Å². The normalized spacial score (nSPS) is 15.7. The van der Waals surface area contributed by atoms with Crippen LogP contribution in [0, 0.1) is 0 Å². The fourth-order valence-electron chi connectivity index (χ4n) is 2.60. The van der Waals surface area contributed by atoms with Crippen molar-refractivity contribution in [2.75, 3.05) is 5.32 Å². The largest absolute Gasteiger partial charge is 0.308 e. The second kappa shape index (κ2) is 5.53. The minimum atomic E-state index is -0.408. The Morgan fingerprint density at radius 2 is 2.10 bits per heavy atom. The molecule has 0 unspecified atom stereocenters. The Morgan fingerprint density at radius 3 is 2.71 bits per heavy atom. The number of aryl methyl sites for hydroxylation is 1. The first-order valence-corrected chi connectivity index (χ1v) is 7.63. The predicted octanol–water partition coefficient (Wildman–Crippen LogP) is 3.69. The monoisotopic (exact) mass is 303 g/mol. The van der Waals surface area contributed by atoms with Crippen molar-refractivity contribution in [2.24, 2.45) is 0 Å². The van der Waals surface area contributed by atoms with Gasteiger partial charge in [-0.1, -0.05) is 37.1 Å². The van der Waals surface area contributed by atoms with E-state index in [1.54, 1.807) is 0 Å². The van der Waals surface area contributed by atoms with E-state index in [2.05, 4.69) is 22.4 Å². The lowest BCUT2D eigenvalue weighted by Gasteiger charge is -2.14. The summed E-state index contributed by atoms with van der Waals surface area (Å²) < 4.78 is 0. The molecule has 21 heavy (non-hydrogen) atoms. The zero-order valence-electron chi connectivity index (χ0n) is 11.9. The van der Waals surface area contributed by atoms with Gasteiger partial charge in [-0.3, -0.25) is 9.89 Å². The third kappa shape index (κ3) is 2.81. The molecule has 110 valence electrons. The fourth-order valence-corrected chi connectivity index (χ4v) is 2.73. The number of hydrogen-bond acceptors (Lipinski definition) is 2. The Hall–Kier alpha value is -1.81. The second-order valence-corrected chi connectivity index (χ2v) is 6.01. The summed E-state index contributed by atoms with van der Waals surface area (Å²) in [5, 5.41) is 10.7. The number of hydrogen-bond donors (Lipinski definition) is 2. The number of nitrogens with one attached hydrogen (secondary N) is 2. The molecule has 0 saturated heterocycles. The summed E-state index contributed by atoms with van der Waals surface area (Å²) in [7, 11) is 0. The first-order chi connectivity index (χ1) is 10.1. The minimum Gasteiger partial charge on any atom is -0.308 e. The van der Waals surface area contributed by atoms with E-state index in [1.165, 1.54) is 0 Å². The summed E-state index contributed by atoms with van der Waals surface area (Å²) in [6, 6.07) is 9.43. The molecule has 3 rings (SSSR count). The summed E-state index contributed by atoms with van der Waals surface area (Å²) >= 11 is 5.91. The van der Waals surface area contributed by atoms with Crippen LogP contribution in [0.1, 0.15) is 37.4 Å². The van der Waals surface area contributed by atoms with Crippen LogP contribution in [0.25, 0.3) is 0 Å². The van der Waals surface area contributed by atoms with Gasteiger partial charge in [-0.25, -0.2) is 0 Å². The Labute approximate surface area is 128 Å². The predicted molar refractivity (Wildman–Crippen MR) is 83.6 cm³/mol. The highest BCUT2D eigenvalue weighted by molar-refractivity contribution is 6.30. The van der Waals surface area contributed by atoms with E-state index in [0.717, 1.165) is 36.9 Å². The quantitative estimate of drug-likeness (QED) is 0.885. The molecule has 1 amide bonds. The van der Waals surface area contributed by atoms with E-state index in [4.69, 9.17) is 11.6 Å². The van der Waals surface area contributed by atoms with Gasteiger partial charge < -0.3 is 5.32 Å². The van der Waals surface area contributed by atoms with Crippen molar-refractivity contribution in [3.63, 3.8) is 0 Å². The molecule has 2 aromatic rings. The van der Waals surface area contributed by atoms with Crippen molar-refractivity contribution in [2.45, 2.75) is 38.0 Å². The highest BCUT2D eigenvalue weighted by Crippen LogP contribution is 2.49. The molecule has 1 aromatic carbocycles. The number of nitrogens with zero attached hydrogens (tertiary/aromatic N) is 1. The Kier molecular flexibility index (Phi) is 3.72. The number of carbonyl (C=O) groups excluding carboxylic acids is 1. The van der Waals surface area contributed by atoms with Crippen LogP contribution in [0.15, 0.2) is 30.3 Å². The molecule has 1 fully saturated rings. The van der Waals surface area contributed by atoms with E-state index in [0.29, 0.717) is 10.8 Å². The molecule has 1 heterocycles. The third-order valence-electron chi connectivity index (χ3n) is 3.97. The van der Waals surface area contributed by atoms with Crippen molar-refractivity contribution in [1.82, 2.24) is 10.2 Å². The molecule has 4 nitrogen and oxygen atoms in total. The van der Waals surface area contributed by atoms with Crippen molar-refractivity contribution >= 4 is 23.3 Å². The zero-order chi connectivity index (χ0) is 14.9. The van der Waals surface area contributed by atoms with Gasteiger partial charge in [0.05, 0.1) is 5.41 Å². The van der Waals surface area contributed by atoms with Crippen molar-refractivity contribution in [3.05, 3.63) is 46.6 Å². The molecule has 2 N–H and O–H groups in total. The van der Waals surface area contributed by atoms with Crippen LogP contribution in [0.3, 0.4) is 0 Å². The Bertz CT molecular complexity index is 644. The number of carbonyl (C=O) groups is 1. The van der Waals surface area contributed by atoms with E-state index >= 15 is 0 Å². The summed E-state index contributed by atoms with van der Waals surface area (Å²) in [4.78, 5) is 12.6. The van der Waals surface area contributed by atoms with Gasteiger partial charge in [-0.15, -0.1) is 0 Å². The molecule has 0 spiro atoms. The second-order valence-electron chi connectivity index (χ2n) is 5.57. The van der Waals surface area contributed by atoms with Crippen molar-refractivity contribution in [3.8, 4) is 0 Å². The summed E-state index contributed by atoms with van der Waals surface area (Å²) in [6.45, 7) is 2.11. The zero-order valence-corrected chi connectivity index (χ0v) is 12.7. The molecule has 0 aliphatic heterocycles. The summed E-state index contributed by atoms with van der Waals surface area (Å²) in [5.74, 6) is 0.614. The van der Waals surface area contributed by atoms with Crippen molar-refractivity contribution in [1.29, 1.82) is 0 Å². The van der Waals surface area contributed by atoms with Crippen LogP contribution in [-0.2, 0) is 16.6 Å². The molecule has 0 atom stereocenters. The van der Waals surface area contributed by atoms with Crippen LogP contribution >= 0.6 is 11.6 Å². The van der Waals surface area contributed by atoms with E-state index in [9.17, 15) is 4.79 Å². The number of aromatic nitrogens is 2. The highest BCUT2D eigenvalue weighted by atomic mass is 35.5. The standard InChI is InChI=1S/C16H18ClN3O/c1-2-3-13-10-14(20-19-13)18-15(21)16(8-9-16)11-4-6-12(17)7-5-11/h4-7,10H,2-3,8-9H2,1H3,(H2,18,19,20,21). The lowest BCUT2D eigenvalue weighted by atomic mass is 9.95. The number of aromatic amines is 1. The number of halogens is 1. The molecule has 0 bridgehead atoms. The van der Waals surface area contributed by atoms with Gasteiger partial charge in [0, 0.05) is 16.8 Å². The highest BCUT2D eigenvalue weighted by Gasteiger charge is 2.51. The summed E-state index contributed by atoms with van der Waals surface area (Å²) in [5.41, 5.74) is 1.66. The maximum absolute atomic E-state index is 12.6. The lowest BCUT2D eigenvalue weighted by Crippen LogP contribution is -2.27. The molecule has 1 saturated carbocycles. The first-order valence-electron chi connectivity index (χ1n) is 7.26. The average molecular weight is 304 g/mol. The van der Waals surface area contributed by atoms with Gasteiger partial charge in [0.1, 0.15) is 0 Å². The topological polar surface area (TPSA) is 57.8 Å². The molecule has 1 aliphatic carbocycles. The molecular formula is C16H18ClN3O. The SMILES string of the molecule is CCCc1cc(NC(=O)C2(c3ccc(Cl)cc3)CC2)n[nH]1. The molecule has 0 radical (unpaired) electrons. The van der Waals surface area contributed by atoms with Crippen LogP contribution in [-0.4, -0.2) is 16.1 Å². The van der Waals surface area contributed by atoms with Gasteiger partial charge in [0.2, 0.25) is 5.91 Å². The number of benzene rings is 1. The maximum atomic E-state index is 12.6. The van der Waals surface area contributed by atoms with E-state index in [1.807, 2.05) is 30.3 Å². The Morgan fingerprint density at radius 1 is 1.38 bits per heavy atom. The average Bonchev–Trinajstić information content (AvgIpc) is 3.17. The number of amides is 1. The molecule has 1 aromatic heterocycles. The van der Waals surface area contributed by atoms with Gasteiger partial charge in [0.25, 0.3) is 0 Å². The van der Waals surface area contributed by atoms with Gasteiger partial charge in [0.15, 0.2) is 5.82 Å². The lowest BCUT2D eigenvalue weighted by molar-refractivity contribution is -0.118. The van der Waals surface area contributed by atoms with Gasteiger partial charge in [-0.2, -0.15) is 5.10 Å². The van der Waals surface area contributed by atoms with Crippen LogP contribution in [0.2, 0.25) is 5.02 Å². The molecule has 1 aliphatic rings. The van der Waals surface area contributed by atoms with Gasteiger partial charge >= 0.3 is 0 Å². The van der Waals surface area contributed by atoms with E-state index < -0.39 is 5.41 Å². The number of anilines is 1. The van der Waals surface area contributed by atoms with Crippen molar-refractivity contribution < 1.29 is 4.79 Å². The smallest absolute Gasteiger partial charge is 0.236 e. The fraction of sp³-hybridized carbons (Fsp3) is 0.375.